The molecular formula is C24H22ClN3O3S. The second kappa shape index (κ2) is 9.97. The molecule has 0 amide bonds. The van der Waals surface area contributed by atoms with E-state index in [0.717, 1.165) is 24.0 Å². The lowest BCUT2D eigenvalue weighted by atomic mass is 10.2. The van der Waals surface area contributed by atoms with E-state index in [-0.39, 0.29) is 5.56 Å². The Hall–Kier alpha value is -3.16. The van der Waals surface area contributed by atoms with Crippen LogP contribution >= 0.6 is 22.9 Å². The molecule has 164 valence electrons. The van der Waals surface area contributed by atoms with Gasteiger partial charge in [0.15, 0.2) is 17.3 Å². The van der Waals surface area contributed by atoms with Crippen molar-refractivity contribution in [2.24, 2.45) is 0 Å². The Bertz CT molecular complexity index is 1360. The summed E-state index contributed by atoms with van der Waals surface area (Å²) in [6.45, 7) is 2.76. The van der Waals surface area contributed by atoms with Crippen molar-refractivity contribution >= 4 is 46.1 Å². The van der Waals surface area contributed by atoms with E-state index in [9.17, 15) is 4.79 Å². The summed E-state index contributed by atoms with van der Waals surface area (Å²) in [7, 11) is 1.60. The maximum Gasteiger partial charge on any atom is 0.291 e. The molecule has 0 N–H and O–H groups in total. The van der Waals surface area contributed by atoms with Crippen LogP contribution in [0.4, 0.5) is 0 Å². The monoisotopic (exact) mass is 467 g/mol. The fourth-order valence-corrected chi connectivity index (χ4v) is 4.08. The molecule has 0 radical (unpaired) electrons. The number of hydrogen-bond donors (Lipinski definition) is 0. The lowest BCUT2D eigenvalue weighted by Gasteiger charge is -2.10. The minimum atomic E-state index is -0.203. The topological polar surface area (TPSA) is 65.7 Å². The summed E-state index contributed by atoms with van der Waals surface area (Å²) in [5.41, 5.74) is 1.61. The van der Waals surface area contributed by atoms with Gasteiger partial charge in [-0.3, -0.25) is 4.79 Å². The van der Waals surface area contributed by atoms with Crippen LogP contribution in [0.1, 0.15) is 36.7 Å². The maximum absolute atomic E-state index is 12.8. The van der Waals surface area contributed by atoms with E-state index in [4.69, 9.17) is 21.1 Å². The Labute approximate surface area is 194 Å². The zero-order valence-electron chi connectivity index (χ0n) is 17.7. The smallest absolute Gasteiger partial charge is 0.291 e. The molecule has 0 aliphatic heterocycles. The van der Waals surface area contributed by atoms with Gasteiger partial charge >= 0.3 is 0 Å². The van der Waals surface area contributed by atoms with Crippen LogP contribution < -0.4 is 19.6 Å². The third kappa shape index (κ3) is 5.00. The van der Waals surface area contributed by atoms with Gasteiger partial charge in [0.2, 0.25) is 4.96 Å². The fraction of sp³-hybridized carbons (Fsp3) is 0.208. The van der Waals surface area contributed by atoms with Crippen molar-refractivity contribution in [3.8, 4) is 11.5 Å². The molecule has 0 saturated carbocycles. The number of unbranched alkanes of at least 4 members (excludes halogenated alkanes) is 1. The van der Waals surface area contributed by atoms with Crippen LogP contribution in [0, 0.1) is 0 Å². The summed E-state index contributed by atoms with van der Waals surface area (Å²) < 4.78 is 13.1. The average Bonchev–Trinajstić information content (AvgIpc) is 3.33. The lowest BCUT2D eigenvalue weighted by Crippen LogP contribution is -2.23. The van der Waals surface area contributed by atoms with Crippen molar-refractivity contribution in [3.63, 3.8) is 0 Å². The molecule has 0 saturated heterocycles. The fourth-order valence-electron chi connectivity index (χ4n) is 3.04. The summed E-state index contributed by atoms with van der Waals surface area (Å²) in [5.74, 6) is 1.81. The van der Waals surface area contributed by atoms with Gasteiger partial charge < -0.3 is 9.47 Å². The number of hydrogen-bond acceptors (Lipinski definition) is 6. The molecule has 32 heavy (non-hydrogen) atoms. The summed E-state index contributed by atoms with van der Waals surface area (Å²) in [6, 6.07) is 13.1. The van der Waals surface area contributed by atoms with Crippen molar-refractivity contribution in [3.05, 3.63) is 79.3 Å². The normalized spacial score (nSPS) is 12.2. The van der Waals surface area contributed by atoms with E-state index in [2.05, 4.69) is 17.0 Å². The molecule has 2 aromatic heterocycles. The van der Waals surface area contributed by atoms with E-state index >= 15 is 0 Å². The van der Waals surface area contributed by atoms with Gasteiger partial charge in [-0.25, -0.2) is 0 Å². The highest BCUT2D eigenvalue weighted by Crippen LogP contribution is 2.28. The van der Waals surface area contributed by atoms with Gasteiger partial charge in [-0.15, -0.1) is 5.10 Å². The Morgan fingerprint density at radius 3 is 2.59 bits per heavy atom. The molecule has 2 heterocycles. The SMILES string of the molecule is CCCCOc1ccc(/C=c2/sc3nc(/C=C/c4ccc(Cl)cc4)nn3c2=O)cc1OC. The largest absolute Gasteiger partial charge is 0.493 e. The van der Waals surface area contributed by atoms with Crippen LogP contribution in [0.3, 0.4) is 0 Å². The molecule has 0 atom stereocenters. The number of halogens is 1. The van der Waals surface area contributed by atoms with Crippen LogP contribution in [0.15, 0.2) is 47.3 Å². The van der Waals surface area contributed by atoms with Crippen LogP contribution in [-0.4, -0.2) is 28.3 Å². The van der Waals surface area contributed by atoms with Gasteiger partial charge in [-0.05, 0) is 54.0 Å². The van der Waals surface area contributed by atoms with Crippen LogP contribution in [0.25, 0.3) is 23.2 Å². The van der Waals surface area contributed by atoms with Crippen LogP contribution in [0.2, 0.25) is 5.02 Å². The number of benzene rings is 2. The average molecular weight is 468 g/mol. The Balaban J connectivity index is 1.58. The van der Waals surface area contributed by atoms with Gasteiger partial charge in [0.1, 0.15) is 0 Å². The van der Waals surface area contributed by atoms with E-state index in [1.807, 2.05) is 54.6 Å². The number of methoxy groups -OCH3 is 1. The zero-order valence-corrected chi connectivity index (χ0v) is 19.3. The zero-order chi connectivity index (χ0) is 22.5. The van der Waals surface area contributed by atoms with Gasteiger partial charge in [-0.1, -0.05) is 60.6 Å². The van der Waals surface area contributed by atoms with Crippen LogP contribution in [-0.2, 0) is 0 Å². The maximum atomic E-state index is 12.8. The molecular weight excluding hydrogens is 446 g/mol. The second-order valence-electron chi connectivity index (χ2n) is 7.08. The molecule has 2 aromatic carbocycles. The number of thiazole rings is 1. The first-order valence-electron chi connectivity index (χ1n) is 10.2. The summed E-state index contributed by atoms with van der Waals surface area (Å²) in [4.78, 5) is 17.8. The second-order valence-corrected chi connectivity index (χ2v) is 8.52. The third-order valence-electron chi connectivity index (χ3n) is 4.73. The molecule has 4 rings (SSSR count). The quantitative estimate of drug-likeness (QED) is 0.351. The van der Waals surface area contributed by atoms with Gasteiger partial charge in [0.25, 0.3) is 5.56 Å². The van der Waals surface area contributed by atoms with Gasteiger partial charge in [0, 0.05) is 5.02 Å². The van der Waals surface area contributed by atoms with Crippen molar-refractivity contribution in [2.45, 2.75) is 19.8 Å². The Morgan fingerprint density at radius 1 is 1.09 bits per heavy atom. The van der Waals surface area contributed by atoms with Gasteiger partial charge in [0.05, 0.1) is 18.2 Å². The number of nitrogens with zero attached hydrogens (tertiary/aromatic N) is 3. The molecule has 6 nitrogen and oxygen atoms in total. The van der Waals surface area contributed by atoms with E-state index < -0.39 is 0 Å². The first kappa shape index (κ1) is 22.0. The molecule has 0 spiro atoms. The summed E-state index contributed by atoms with van der Waals surface area (Å²) in [5, 5.41) is 5.00. The van der Waals surface area contributed by atoms with Crippen molar-refractivity contribution in [1.82, 2.24) is 14.6 Å². The molecule has 0 bridgehead atoms. The molecule has 8 heteroatoms. The number of ether oxygens (including phenoxy) is 2. The summed E-state index contributed by atoms with van der Waals surface area (Å²) in [6.07, 6.45) is 7.51. The highest BCUT2D eigenvalue weighted by Gasteiger charge is 2.10. The highest BCUT2D eigenvalue weighted by atomic mass is 35.5. The van der Waals surface area contributed by atoms with Crippen molar-refractivity contribution in [1.29, 1.82) is 0 Å². The lowest BCUT2D eigenvalue weighted by molar-refractivity contribution is 0.288. The third-order valence-corrected chi connectivity index (χ3v) is 5.95. The molecule has 0 aliphatic carbocycles. The Morgan fingerprint density at radius 2 is 1.88 bits per heavy atom. The number of fused-ring (bicyclic) bond motifs is 1. The predicted molar refractivity (Wildman–Crippen MR) is 130 cm³/mol. The first-order valence-corrected chi connectivity index (χ1v) is 11.4. The molecule has 0 unspecified atom stereocenters. The standard InChI is InChI=1S/C24H22ClN3O3S/c1-3-4-13-31-19-11-7-17(14-20(19)30-2)15-21-23(29)28-24(32-21)26-22(27-28)12-8-16-5-9-18(25)10-6-16/h5-12,14-15H,3-4,13H2,1-2H3/b12-8+,21-15+. The predicted octanol–water partition coefficient (Wildman–Crippen LogP) is 4.71. The van der Waals surface area contributed by atoms with E-state index in [1.165, 1.54) is 15.9 Å². The van der Waals surface area contributed by atoms with Crippen LogP contribution in [0.5, 0.6) is 11.5 Å². The van der Waals surface area contributed by atoms with Crippen molar-refractivity contribution < 1.29 is 9.47 Å². The first-order chi connectivity index (χ1) is 15.6. The Kier molecular flexibility index (Phi) is 6.87. The molecule has 4 aromatic rings. The van der Waals surface area contributed by atoms with E-state index in [0.29, 0.717) is 38.4 Å². The van der Waals surface area contributed by atoms with Gasteiger partial charge in [-0.2, -0.15) is 9.50 Å². The summed E-state index contributed by atoms with van der Waals surface area (Å²) >= 11 is 7.20. The van der Waals surface area contributed by atoms with Crippen molar-refractivity contribution in [2.75, 3.05) is 13.7 Å². The molecule has 0 aliphatic rings. The number of aromatic nitrogens is 3. The molecule has 0 fully saturated rings. The highest BCUT2D eigenvalue weighted by molar-refractivity contribution is 7.15. The van der Waals surface area contributed by atoms with E-state index in [1.54, 1.807) is 13.2 Å². The minimum Gasteiger partial charge on any atom is -0.493 e. The minimum absolute atomic E-state index is 0.203. The number of rotatable bonds is 8.